The van der Waals surface area contributed by atoms with Gasteiger partial charge >= 0.3 is 0 Å². The summed E-state index contributed by atoms with van der Waals surface area (Å²) in [5, 5.41) is 0. The Bertz CT molecular complexity index is 156. The fourth-order valence-corrected chi connectivity index (χ4v) is 2.75. The highest BCUT2D eigenvalue weighted by atomic mass is 79.9. The van der Waals surface area contributed by atoms with E-state index in [1.165, 1.54) is 45.3 Å². The molecule has 0 aromatic carbocycles. The molecule has 0 spiro atoms. The molecule has 15 heavy (non-hydrogen) atoms. The van der Waals surface area contributed by atoms with Crippen molar-refractivity contribution in [2.45, 2.75) is 37.4 Å². The molecule has 0 aliphatic carbocycles. The number of likely N-dealkylation sites (tertiary alicyclic amines) is 1. The lowest BCUT2D eigenvalue weighted by Crippen LogP contribution is -2.36. The summed E-state index contributed by atoms with van der Waals surface area (Å²) < 4.78 is 5.06. The van der Waals surface area contributed by atoms with Crippen molar-refractivity contribution in [3.8, 4) is 0 Å². The van der Waals surface area contributed by atoms with Gasteiger partial charge in [-0.05, 0) is 51.2 Å². The zero-order valence-electron chi connectivity index (χ0n) is 10.0. The Labute approximate surface area is 102 Å². The zero-order chi connectivity index (χ0) is 11.1. The lowest BCUT2D eigenvalue weighted by Gasteiger charge is -2.33. The second kappa shape index (κ2) is 7.64. The van der Waals surface area contributed by atoms with E-state index in [4.69, 9.17) is 4.74 Å². The molecule has 1 fully saturated rings. The molecule has 0 radical (unpaired) electrons. The van der Waals surface area contributed by atoms with Gasteiger partial charge in [-0.25, -0.2) is 0 Å². The van der Waals surface area contributed by atoms with Crippen molar-refractivity contribution < 1.29 is 4.74 Å². The number of unbranched alkanes of at least 4 members (excludes halogenated alkanes) is 1. The van der Waals surface area contributed by atoms with Gasteiger partial charge in [0.15, 0.2) is 0 Å². The molecule has 0 aromatic rings. The molecule has 3 heteroatoms. The van der Waals surface area contributed by atoms with E-state index >= 15 is 0 Å². The topological polar surface area (TPSA) is 12.5 Å². The quantitative estimate of drug-likeness (QED) is 0.547. The summed E-state index contributed by atoms with van der Waals surface area (Å²) in [7, 11) is 1.78. The summed E-state index contributed by atoms with van der Waals surface area (Å²) in [5.74, 6) is 0.889. The number of rotatable bonds is 6. The van der Waals surface area contributed by atoms with Crippen molar-refractivity contribution in [1.29, 1.82) is 0 Å². The zero-order valence-corrected chi connectivity index (χ0v) is 11.6. The van der Waals surface area contributed by atoms with Crippen LogP contribution in [0.3, 0.4) is 0 Å². The van der Waals surface area contributed by atoms with Gasteiger partial charge in [0, 0.05) is 18.5 Å². The fraction of sp³-hybridized carbons (Fsp3) is 1.00. The molecular weight excluding hydrogens is 254 g/mol. The Balaban J connectivity index is 2.04. The molecule has 1 atom stereocenters. The van der Waals surface area contributed by atoms with E-state index in [-0.39, 0.29) is 0 Å². The molecule has 90 valence electrons. The maximum Gasteiger partial charge on any atom is 0.0462 e. The van der Waals surface area contributed by atoms with E-state index < -0.39 is 0 Å². The van der Waals surface area contributed by atoms with Crippen molar-refractivity contribution in [2.24, 2.45) is 5.92 Å². The van der Waals surface area contributed by atoms with Crippen LogP contribution >= 0.6 is 15.9 Å². The van der Waals surface area contributed by atoms with Crippen molar-refractivity contribution >= 4 is 15.9 Å². The predicted octanol–water partition coefficient (Wildman–Crippen LogP) is 2.91. The minimum absolute atomic E-state index is 0.688. The highest BCUT2D eigenvalue weighted by Crippen LogP contribution is 2.24. The molecule has 1 unspecified atom stereocenters. The average Bonchev–Trinajstić information content (AvgIpc) is 2.25. The van der Waals surface area contributed by atoms with Gasteiger partial charge < -0.3 is 9.64 Å². The third-order valence-electron chi connectivity index (χ3n) is 3.35. The molecular formula is C12H24BrNO. The maximum absolute atomic E-state index is 5.06. The summed E-state index contributed by atoms with van der Waals surface area (Å²) in [4.78, 5) is 3.29. The first kappa shape index (κ1) is 13.5. The van der Waals surface area contributed by atoms with Crippen LogP contribution in [0.1, 0.15) is 32.6 Å². The smallest absolute Gasteiger partial charge is 0.0462 e. The number of methoxy groups -OCH3 is 1. The molecule has 1 aliphatic heterocycles. The molecule has 1 heterocycles. The van der Waals surface area contributed by atoms with Crippen LogP contribution < -0.4 is 0 Å². The van der Waals surface area contributed by atoms with Crippen LogP contribution in [0.15, 0.2) is 0 Å². The van der Waals surface area contributed by atoms with Crippen LogP contribution in [0.4, 0.5) is 0 Å². The van der Waals surface area contributed by atoms with E-state index in [2.05, 4.69) is 27.8 Å². The van der Waals surface area contributed by atoms with E-state index in [0.717, 1.165) is 12.5 Å². The van der Waals surface area contributed by atoms with E-state index in [1.54, 1.807) is 7.11 Å². The summed E-state index contributed by atoms with van der Waals surface area (Å²) in [6.07, 6.45) is 5.20. The number of nitrogens with zero attached hydrogens (tertiary/aromatic N) is 1. The van der Waals surface area contributed by atoms with Gasteiger partial charge in [-0.3, -0.25) is 0 Å². The Morgan fingerprint density at radius 2 is 2.00 bits per heavy atom. The van der Waals surface area contributed by atoms with Gasteiger partial charge in [0.25, 0.3) is 0 Å². The van der Waals surface area contributed by atoms with Crippen LogP contribution in [-0.4, -0.2) is 43.1 Å². The molecule has 1 rings (SSSR count). The van der Waals surface area contributed by atoms with Crippen molar-refractivity contribution in [3.63, 3.8) is 0 Å². The second-order valence-corrected chi connectivity index (χ2v) is 6.00. The van der Waals surface area contributed by atoms with E-state index in [9.17, 15) is 0 Å². The standard InChI is InChI=1S/C12H24BrNO/c1-11(13)12-5-8-14(9-6-12)7-3-4-10-15-2/h11-12H,3-10H2,1-2H3. The lowest BCUT2D eigenvalue weighted by molar-refractivity contribution is 0.163. The van der Waals surface area contributed by atoms with Crippen molar-refractivity contribution in [3.05, 3.63) is 0 Å². The van der Waals surface area contributed by atoms with E-state index in [1.807, 2.05) is 0 Å². The molecule has 1 saturated heterocycles. The maximum atomic E-state index is 5.06. The molecule has 0 aromatic heterocycles. The van der Waals surface area contributed by atoms with Crippen molar-refractivity contribution in [2.75, 3.05) is 33.4 Å². The third-order valence-corrected chi connectivity index (χ3v) is 4.10. The Morgan fingerprint density at radius 3 is 2.53 bits per heavy atom. The molecule has 0 amide bonds. The largest absolute Gasteiger partial charge is 0.385 e. The highest BCUT2D eigenvalue weighted by molar-refractivity contribution is 9.09. The first-order chi connectivity index (χ1) is 7.24. The second-order valence-electron chi connectivity index (χ2n) is 4.56. The summed E-state index contributed by atoms with van der Waals surface area (Å²) >= 11 is 3.69. The van der Waals surface area contributed by atoms with Gasteiger partial charge in [0.2, 0.25) is 0 Å². The first-order valence-electron chi connectivity index (χ1n) is 6.09. The van der Waals surface area contributed by atoms with Gasteiger partial charge in [-0.2, -0.15) is 0 Å². The van der Waals surface area contributed by atoms with Crippen LogP contribution in [0.25, 0.3) is 0 Å². The van der Waals surface area contributed by atoms with Crippen LogP contribution in [-0.2, 0) is 4.74 Å². The minimum atomic E-state index is 0.688. The summed E-state index contributed by atoms with van der Waals surface area (Å²) in [5.41, 5.74) is 0. The third kappa shape index (κ3) is 5.32. The Kier molecular flexibility index (Phi) is 6.86. The monoisotopic (exact) mass is 277 g/mol. The number of ether oxygens (including phenoxy) is 1. The Morgan fingerprint density at radius 1 is 1.33 bits per heavy atom. The summed E-state index contributed by atoms with van der Waals surface area (Å²) in [6.45, 7) is 7.02. The SMILES string of the molecule is COCCCCN1CCC(C(C)Br)CC1. The number of piperidine rings is 1. The van der Waals surface area contributed by atoms with Crippen LogP contribution in [0.2, 0.25) is 0 Å². The first-order valence-corrected chi connectivity index (χ1v) is 7.01. The molecule has 0 bridgehead atoms. The van der Waals surface area contributed by atoms with Crippen molar-refractivity contribution in [1.82, 2.24) is 4.90 Å². The number of alkyl halides is 1. The predicted molar refractivity (Wildman–Crippen MR) is 68.7 cm³/mol. The number of hydrogen-bond acceptors (Lipinski definition) is 2. The van der Waals surface area contributed by atoms with E-state index in [0.29, 0.717) is 4.83 Å². The number of hydrogen-bond donors (Lipinski definition) is 0. The Hall–Kier alpha value is 0.400. The molecule has 1 aliphatic rings. The normalized spacial score (nSPS) is 21.8. The van der Waals surface area contributed by atoms with Gasteiger partial charge in [-0.15, -0.1) is 0 Å². The van der Waals surface area contributed by atoms with Gasteiger partial charge in [-0.1, -0.05) is 22.9 Å². The van der Waals surface area contributed by atoms with Crippen LogP contribution in [0, 0.1) is 5.92 Å². The van der Waals surface area contributed by atoms with Crippen LogP contribution in [0.5, 0.6) is 0 Å². The molecule has 2 nitrogen and oxygen atoms in total. The number of halogens is 1. The lowest BCUT2D eigenvalue weighted by atomic mass is 9.94. The summed E-state index contributed by atoms with van der Waals surface area (Å²) in [6, 6.07) is 0. The molecule has 0 saturated carbocycles. The molecule has 0 N–H and O–H groups in total. The average molecular weight is 278 g/mol. The van der Waals surface area contributed by atoms with Gasteiger partial charge in [0.05, 0.1) is 0 Å². The van der Waals surface area contributed by atoms with Gasteiger partial charge in [0.1, 0.15) is 0 Å². The minimum Gasteiger partial charge on any atom is -0.385 e. The fourth-order valence-electron chi connectivity index (χ4n) is 2.22. The highest BCUT2D eigenvalue weighted by Gasteiger charge is 2.21.